The minimum atomic E-state index is 1.31. The van der Waals surface area contributed by atoms with E-state index in [4.69, 9.17) is 0 Å². The van der Waals surface area contributed by atoms with Crippen LogP contribution >= 0.6 is 8.20 Å². The molecule has 1 aromatic rings. The fourth-order valence-electron chi connectivity index (χ4n) is 1.06. The van der Waals surface area contributed by atoms with Gasteiger partial charge in [0.05, 0.1) is 0 Å². The lowest BCUT2D eigenvalue weighted by molar-refractivity contribution is 1.44. The summed E-state index contributed by atoms with van der Waals surface area (Å²) < 4.78 is 0. The summed E-state index contributed by atoms with van der Waals surface area (Å²) in [5, 5.41) is 1.39. The summed E-state index contributed by atoms with van der Waals surface area (Å²) in [4.78, 5) is 0. The van der Waals surface area contributed by atoms with Crippen molar-refractivity contribution >= 4 is 19.6 Å². The number of hydrogen-bond acceptors (Lipinski definition) is 0. The summed E-state index contributed by atoms with van der Waals surface area (Å²) in [6, 6.07) is 8.43. The third-order valence-electron chi connectivity index (χ3n) is 2.05. The molecule has 0 saturated heterocycles. The van der Waals surface area contributed by atoms with E-state index in [9.17, 15) is 0 Å². The first-order valence-corrected chi connectivity index (χ1v) is 5.75. The Morgan fingerprint density at radius 3 is 2.62 bits per heavy atom. The normalized spacial score (nSPS) is 12.4. The van der Waals surface area contributed by atoms with Crippen molar-refractivity contribution in [3.8, 4) is 0 Å². The lowest BCUT2D eigenvalue weighted by Gasteiger charge is -1.97. The lowest BCUT2D eigenvalue weighted by atomic mass is 10.1. The average Bonchev–Trinajstić information content (AvgIpc) is 2.16. The third kappa shape index (κ3) is 3.16. The van der Waals surface area contributed by atoms with E-state index < -0.39 is 0 Å². The lowest BCUT2D eigenvalue weighted by Crippen LogP contribution is -1.81. The van der Waals surface area contributed by atoms with Crippen molar-refractivity contribution in [1.82, 2.24) is 0 Å². The highest BCUT2D eigenvalue weighted by Gasteiger charge is 1.89. The summed E-state index contributed by atoms with van der Waals surface area (Å²) >= 11 is 0. The maximum Gasteiger partial charge on any atom is -0.0221 e. The van der Waals surface area contributed by atoms with Gasteiger partial charge in [0.2, 0.25) is 0 Å². The van der Waals surface area contributed by atoms with Crippen molar-refractivity contribution in [2.24, 2.45) is 0 Å². The molecule has 0 bridgehead atoms. The molecule has 0 unspecified atom stereocenters. The van der Waals surface area contributed by atoms with Crippen LogP contribution in [0.2, 0.25) is 0 Å². The van der Waals surface area contributed by atoms with E-state index in [1.807, 2.05) is 0 Å². The molecule has 1 aromatic carbocycles. The molecule has 0 atom stereocenters. The number of hydrogen-bond donors (Lipinski definition) is 0. The molecule has 68 valence electrons. The van der Waals surface area contributed by atoms with Crippen molar-refractivity contribution in [2.45, 2.75) is 13.8 Å². The standard InChI is InChI=1S/C12H15P/c1-10-6-4-5-7-12(10)9-8-11(2)13-3/h4-9H,1-3H3/b9-8-. The molecule has 0 spiro atoms. The molecule has 0 fully saturated rings. The van der Waals surface area contributed by atoms with Crippen LogP contribution < -0.4 is 0 Å². The van der Waals surface area contributed by atoms with Crippen LogP contribution in [0.5, 0.6) is 0 Å². The van der Waals surface area contributed by atoms with Crippen LogP contribution in [0, 0.1) is 6.92 Å². The molecule has 0 aliphatic carbocycles. The topological polar surface area (TPSA) is 0 Å². The van der Waals surface area contributed by atoms with E-state index in [2.05, 4.69) is 56.9 Å². The zero-order valence-electron chi connectivity index (χ0n) is 8.41. The molecule has 0 N–H and O–H groups in total. The largest absolute Gasteiger partial charge is 0.105 e. The van der Waals surface area contributed by atoms with Gasteiger partial charge in [0.1, 0.15) is 0 Å². The Kier molecular flexibility index (Phi) is 3.92. The molecular weight excluding hydrogens is 175 g/mol. The second-order valence-electron chi connectivity index (χ2n) is 3.05. The molecule has 1 heteroatoms. The van der Waals surface area contributed by atoms with Crippen LogP contribution in [0.15, 0.2) is 30.3 Å². The number of rotatable bonds is 2. The third-order valence-corrected chi connectivity index (χ3v) is 2.90. The van der Waals surface area contributed by atoms with Crippen molar-refractivity contribution in [2.75, 3.05) is 6.66 Å². The van der Waals surface area contributed by atoms with Gasteiger partial charge in [-0.25, -0.2) is 0 Å². The number of aryl methyl sites for hydroxylation is 1. The van der Waals surface area contributed by atoms with Crippen LogP contribution in [-0.2, 0) is 0 Å². The quantitative estimate of drug-likeness (QED) is 0.622. The summed E-state index contributed by atoms with van der Waals surface area (Å²) in [5.74, 6) is 0. The van der Waals surface area contributed by atoms with E-state index in [0.717, 1.165) is 0 Å². The molecular formula is C12H15P. The fraction of sp³-hybridized carbons (Fsp3) is 0.250. The van der Waals surface area contributed by atoms with Gasteiger partial charge in [-0.3, -0.25) is 0 Å². The molecule has 1 rings (SSSR count). The van der Waals surface area contributed by atoms with Gasteiger partial charge in [0, 0.05) is 0 Å². The van der Waals surface area contributed by atoms with E-state index in [0.29, 0.717) is 0 Å². The highest BCUT2D eigenvalue weighted by Crippen LogP contribution is 2.09. The molecule has 0 radical (unpaired) electrons. The van der Waals surface area contributed by atoms with Crippen molar-refractivity contribution in [3.63, 3.8) is 0 Å². The van der Waals surface area contributed by atoms with E-state index >= 15 is 0 Å². The average molecular weight is 190 g/mol. The van der Waals surface area contributed by atoms with Gasteiger partial charge in [0.15, 0.2) is 0 Å². The summed E-state index contributed by atoms with van der Waals surface area (Å²) in [6.07, 6.45) is 4.37. The molecule has 0 amide bonds. The Morgan fingerprint density at radius 2 is 2.00 bits per heavy atom. The zero-order chi connectivity index (χ0) is 9.68. The minimum absolute atomic E-state index is 1.31. The predicted molar refractivity (Wildman–Crippen MR) is 63.7 cm³/mol. The Labute approximate surface area is 82.1 Å². The van der Waals surface area contributed by atoms with Gasteiger partial charge in [0.25, 0.3) is 0 Å². The van der Waals surface area contributed by atoms with Gasteiger partial charge in [-0.2, -0.15) is 0 Å². The van der Waals surface area contributed by atoms with E-state index in [-0.39, 0.29) is 0 Å². The summed E-state index contributed by atoms with van der Waals surface area (Å²) in [5.41, 5.74) is 2.64. The molecule has 0 heterocycles. The zero-order valence-corrected chi connectivity index (χ0v) is 9.31. The summed E-state index contributed by atoms with van der Waals surface area (Å²) in [6.45, 7) is 6.44. The van der Waals surface area contributed by atoms with Crippen molar-refractivity contribution < 1.29 is 0 Å². The van der Waals surface area contributed by atoms with E-state index in [1.165, 1.54) is 24.6 Å². The molecule has 0 aliphatic rings. The molecule has 0 aromatic heterocycles. The predicted octanol–water partition coefficient (Wildman–Crippen LogP) is 3.78. The highest BCUT2D eigenvalue weighted by molar-refractivity contribution is 7.40. The van der Waals surface area contributed by atoms with Gasteiger partial charge in [-0.05, 0) is 36.9 Å². The Balaban J connectivity index is 2.86. The molecule has 0 nitrogen and oxygen atoms in total. The SMILES string of the molecule is C/P=C(C)/C=C\c1ccccc1C. The van der Waals surface area contributed by atoms with Crippen LogP contribution in [0.1, 0.15) is 18.1 Å². The minimum Gasteiger partial charge on any atom is -0.105 e. The maximum absolute atomic E-state index is 2.18. The van der Waals surface area contributed by atoms with Gasteiger partial charge in [-0.1, -0.05) is 36.4 Å². The second-order valence-corrected chi connectivity index (χ2v) is 4.21. The first kappa shape index (κ1) is 10.2. The van der Waals surface area contributed by atoms with Crippen molar-refractivity contribution in [1.29, 1.82) is 0 Å². The fourth-order valence-corrected chi connectivity index (χ4v) is 1.28. The monoisotopic (exact) mass is 190 g/mol. The van der Waals surface area contributed by atoms with E-state index in [1.54, 1.807) is 0 Å². The molecule has 0 saturated carbocycles. The number of benzene rings is 1. The number of allylic oxidation sites excluding steroid dienone is 1. The second kappa shape index (κ2) is 4.99. The van der Waals surface area contributed by atoms with Crippen LogP contribution in [0.4, 0.5) is 0 Å². The highest BCUT2D eigenvalue weighted by atomic mass is 31.1. The van der Waals surface area contributed by atoms with Crippen LogP contribution in [0.25, 0.3) is 6.08 Å². The smallest absolute Gasteiger partial charge is 0.0221 e. The van der Waals surface area contributed by atoms with Crippen LogP contribution in [0.3, 0.4) is 0 Å². The Morgan fingerprint density at radius 1 is 1.31 bits per heavy atom. The Hall–Kier alpha value is -0.870. The van der Waals surface area contributed by atoms with Gasteiger partial charge >= 0.3 is 0 Å². The van der Waals surface area contributed by atoms with Crippen LogP contribution in [-0.4, -0.2) is 12.0 Å². The summed E-state index contributed by atoms with van der Waals surface area (Å²) in [7, 11) is 1.34. The first-order chi connectivity index (χ1) is 6.24. The van der Waals surface area contributed by atoms with Crippen molar-refractivity contribution in [3.05, 3.63) is 41.5 Å². The Bertz CT molecular complexity index is 335. The maximum atomic E-state index is 2.18. The molecule has 13 heavy (non-hydrogen) atoms. The van der Waals surface area contributed by atoms with Gasteiger partial charge < -0.3 is 0 Å². The molecule has 0 aliphatic heterocycles. The first-order valence-electron chi connectivity index (χ1n) is 4.41. The van der Waals surface area contributed by atoms with Gasteiger partial charge in [-0.15, -0.1) is 8.20 Å².